The van der Waals surface area contributed by atoms with Gasteiger partial charge in [-0.3, -0.25) is 4.90 Å². The number of piperidine rings is 1. The third-order valence-corrected chi connectivity index (χ3v) is 3.50. The summed E-state index contributed by atoms with van der Waals surface area (Å²) in [7, 11) is 0. The van der Waals surface area contributed by atoms with Gasteiger partial charge in [0.15, 0.2) is 0 Å². The van der Waals surface area contributed by atoms with Crippen LogP contribution in [0.4, 0.5) is 0 Å². The van der Waals surface area contributed by atoms with E-state index in [1.807, 2.05) is 6.07 Å². The summed E-state index contributed by atoms with van der Waals surface area (Å²) in [6, 6.07) is 10.7. The quantitative estimate of drug-likeness (QED) is 0.786. The molecule has 0 aromatic heterocycles. The molecule has 1 aromatic carbocycles. The van der Waals surface area contributed by atoms with E-state index in [2.05, 4.69) is 36.1 Å². The predicted molar refractivity (Wildman–Crippen MR) is 65.0 cm³/mol. The lowest BCUT2D eigenvalue weighted by molar-refractivity contribution is 0.0351. The maximum atomic E-state index is 9.78. The molecule has 1 fully saturated rings. The maximum Gasteiger partial charge on any atom is 0.0818 e. The number of aliphatic hydroxyl groups is 1. The molecule has 2 rings (SSSR count). The number of β-amino-alcohol motifs (C(OH)–C–C–N with tert-alkyl or cyclic N) is 1. The Labute approximate surface area is 96.9 Å². The van der Waals surface area contributed by atoms with Crippen molar-refractivity contribution in [1.82, 2.24) is 4.90 Å². The van der Waals surface area contributed by atoms with Crippen LogP contribution in [0.25, 0.3) is 0 Å². The van der Waals surface area contributed by atoms with Crippen LogP contribution in [0, 0.1) is 0 Å². The number of rotatable bonds is 2. The fraction of sp³-hybridized carbons (Fsp3) is 0.538. The summed E-state index contributed by atoms with van der Waals surface area (Å²) in [5.74, 6) is 0. The van der Waals surface area contributed by atoms with E-state index in [4.69, 9.17) is 5.73 Å². The van der Waals surface area contributed by atoms with Crippen molar-refractivity contribution in [3.63, 3.8) is 0 Å². The molecule has 3 atom stereocenters. The molecule has 0 bridgehead atoms. The van der Waals surface area contributed by atoms with Gasteiger partial charge in [-0.2, -0.15) is 0 Å². The molecule has 1 saturated heterocycles. The Hall–Kier alpha value is -0.900. The minimum atomic E-state index is -0.389. The molecule has 1 aromatic rings. The third-order valence-electron chi connectivity index (χ3n) is 3.50. The Kier molecular flexibility index (Phi) is 3.59. The molecule has 3 nitrogen and oxygen atoms in total. The van der Waals surface area contributed by atoms with Crippen molar-refractivity contribution in [3.05, 3.63) is 35.9 Å². The van der Waals surface area contributed by atoms with Crippen LogP contribution in [0.15, 0.2) is 30.3 Å². The summed E-state index contributed by atoms with van der Waals surface area (Å²) in [6.07, 6.45) is 0.484. The van der Waals surface area contributed by atoms with Crippen molar-refractivity contribution in [1.29, 1.82) is 0 Å². The van der Waals surface area contributed by atoms with Gasteiger partial charge in [-0.1, -0.05) is 30.3 Å². The number of nitrogens with two attached hydrogens (primary N) is 1. The molecule has 1 heterocycles. The normalized spacial score (nSPS) is 28.9. The zero-order valence-electron chi connectivity index (χ0n) is 9.71. The zero-order valence-corrected chi connectivity index (χ0v) is 9.71. The van der Waals surface area contributed by atoms with Gasteiger partial charge in [0, 0.05) is 25.2 Å². The minimum Gasteiger partial charge on any atom is -0.390 e. The number of benzene rings is 1. The van der Waals surface area contributed by atoms with Gasteiger partial charge >= 0.3 is 0 Å². The number of hydrogen-bond acceptors (Lipinski definition) is 3. The van der Waals surface area contributed by atoms with E-state index in [0.717, 1.165) is 13.0 Å². The van der Waals surface area contributed by atoms with Gasteiger partial charge in [-0.05, 0) is 18.9 Å². The Morgan fingerprint density at radius 3 is 2.69 bits per heavy atom. The highest BCUT2D eigenvalue weighted by atomic mass is 16.3. The third kappa shape index (κ3) is 2.43. The van der Waals surface area contributed by atoms with Gasteiger partial charge in [0.25, 0.3) is 0 Å². The molecule has 1 aliphatic heterocycles. The second-order valence-electron chi connectivity index (χ2n) is 4.60. The van der Waals surface area contributed by atoms with E-state index in [0.29, 0.717) is 12.6 Å². The van der Waals surface area contributed by atoms with Gasteiger partial charge < -0.3 is 10.8 Å². The molecular weight excluding hydrogens is 200 g/mol. The fourth-order valence-corrected chi connectivity index (χ4v) is 2.27. The van der Waals surface area contributed by atoms with Crippen LogP contribution in [-0.2, 0) is 0 Å². The SMILES string of the molecule is CC(c1ccccc1)N1CCC(N)C(O)C1. The van der Waals surface area contributed by atoms with E-state index in [1.54, 1.807) is 0 Å². The Bertz CT molecular complexity index is 328. The summed E-state index contributed by atoms with van der Waals surface area (Å²) in [4.78, 5) is 2.30. The average Bonchev–Trinajstić information content (AvgIpc) is 2.33. The van der Waals surface area contributed by atoms with Crippen LogP contribution in [0.2, 0.25) is 0 Å². The van der Waals surface area contributed by atoms with Gasteiger partial charge in [0.1, 0.15) is 0 Å². The van der Waals surface area contributed by atoms with Crippen molar-refractivity contribution in [2.75, 3.05) is 13.1 Å². The molecule has 0 spiro atoms. The second kappa shape index (κ2) is 4.95. The van der Waals surface area contributed by atoms with Crippen molar-refractivity contribution in [2.24, 2.45) is 5.73 Å². The van der Waals surface area contributed by atoms with Crippen LogP contribution < -0.4 is 5.73 Å². The lowest BCUT2D eigenvalue weighted by Crippen LogP contribution is -2.51. The van der Waals surface area contributed by atoms with E-state index in [9.17, 15) is 5.11 Å². The van der Waals surface area contributed by atoms with Gasteiger partial charge in [0.05, 0.1) is 6.10 Å². The van der Waals surface area contributed by atoms with E-state index >= 15 is 0 Å². The summed E-state index contributed by atoms with van der Waals surface area (Å²) >= 11 is 0. The first kappa shape index (κ1) is 11.6. The highest BCUT2D eigenvalue weighted by Crippen LogP contribution is 2.23. The van der Waals surface area contributed by atoms with Gasteiger partial charge in [-0.25, -0.2) is 0 Å². The lowest BCUT2D eigenvalue weighted by Gasteiger charge is -2.38. The highest BCUT2D eigenvalue weighted by molar-refractivity contribution is 5.18. The molecule has 16 heavy (non-hydrogen) atoms. The monoisotopic (exact) mass is 220 g/mol. The fourth-order valence-electron chi connectivity index (χ4n) is 2.27. The Morgan fingerprint density at radius 1 is 1.38 bits per heavy atom. The Morgan fingerprint density at radius 2 is 2.06 bits per heavy atom. The van der Waals surface area contributed by atoms with Crippen LogP contribution in [0.5, 0.6) is 0 Å². The van der Waals surface area contributed by atoms with Crippen LogP contribution in [-0.4, -0.2) is 35.2 Å². The van der Waals surface area contributed by atoms with Gasteiger partial charge in [-0.15, -0.1) is 0 Å². The molecule has 0 radical (unpaired) electrons. The van der Waals surface area contributed by atoms with Crippen molar-refractivity contribution < 1.29 is 5.11 Å². The number of nitrogens with zero attached hydrogens (tertiary/aromatic N) is 1. The molecule has 3 unspecified atom stereocenters. The smallest absolute Gasteiger partial charge is 0.0818 e. The topological polar surface area (TPSA) is 49.5 Å². The van der Waals surface area contributed by atoms with E-state index < -0.39 is 0 Å². The number of aliphatic hydroxyl groups excluding tert-OH is 1. The molecule has 1 aliphatic rings. The average molecular weight is 220 g/mol. The van der Waals surface area contributed by atoms with E-state index in [1.165, 1.54) is 5.56 Å². The van der Waals surface area contributed by atoms with Crippen molar-refractivity contribution >= 4 is 0 Å². The number of likely N-dealkylation sites (tertiary alicyclic amines) is 1. The second-order valence-corrected chi connectivity index (χ2v) is 4.60. The summed E-state index contributed by atoms with van der Waals surface area (Å²) in [5, 5.41) is 9.78. The largest absolute Gasteiger partial charge is 0.390 e. The molecule has 0 saturated carbocycles. The minimum absolute atomic E-state index is 0.0563. The van der Waals surface area contributed by atoms with Crippen LogP contribution in [0.1, 0.15) is 24.9 Å². The molecule has 88 valence electrons. The first-order chi connectivity index (χ1) is 7.68. The van der Waals surface area contributed by atoms with Crippen molar-refractivity contribution in [3.8, 4) is 0 Å². The summed E-state index contributed by atoms with van der Waals surface area (Å²) in [5.41, 5.74) is 7.10. The molecule has 3 heteroatoms. The molecule has 0 amide bonds. The first-order valence-electron chi connectivity index (χ1n) is 5.91. The highest BCUT2D eigenvalue weighted by Gasteiger charge is 2.27. The zero-order chi connectivity index (χ0) is 11.5. The summed E-state index contributed by atoms with van der Waals surface area (Å²) in [6.45, 7) is 3.82. The number of hydrogen-bond donors (Lipinski definition) is 2. The molecular formula is C13H20N2O. The predicted octanol–water partition coefficient (Wildman–Crippen LogP) is 1.14. The summed E-state index contributed by atoms with van der Waals surface area (Å²) < 4.78 is 0. The first-order valence-corrected chi connectivity index (χ1v) is 5.91. The maximum absolute atomic E-state index is 9.78. The van der Waals surface area contributed by atoms with Crippen LogP contribution >= 0.6 is 0 Å². The molecule has 0 aliphatic carbocycles. The standard InChI is InChI=1S/C13H20N2O/c1-10(11-5-3-2-4-6-11)15-8-7-12(14)13(16)9-15/h2-6,10,12-13,16H,7-9,14H2,1H3. The Balaban J connectivity index is 2.03. The lowest BCUT2D eigenvalue weighted by atomic mass is 9.99. The van der Waals surface area contributed by atoms with Gasteiger partial charge in [0.2, 0.25) is 0 Å². The van der Waals surface area contributed by atoms with Crippen LogP contribution in [0.3, 0.4) is 0 Å². The van der Waals surface area contributed by atoms with E-state index in [-0.39, 0.29) is 12.1 Å². The van der Waals surface area contributed by atoms with Crippen molar-refractivity contribution in [2.45, 2.75) is 31.5 Å². The molecule has 3 N–H and O–H groups in total.